The molecule has 1 aromatic heterocycles. The van der Waals surface area contributed by atoms with Crippen molar-refractivity contribution in [3.63, 3.8) is 0 Å². The van der Waals surface area contributed by atoms with Crippen molar-refractivity contribution in [3.8, 4) is 22.8 Å². The molecular weight excluding hydrogens is 376 g/mol. The van der Waals surface area contributed by atoms with Gasteiger partial charge in [0.2, 0.25) is 0 Å². The molecule has 0 aliphatic heterocycles. The molecule has 4 rings (SSSR count). The zero-order valence-corrected chi connectivity index (χ0v) is 16.4. The maximum atomic E-state index is 12.3. The highest BCUT2D eigenvalue weighted by atomic mass is 16.5. The minimum Gasteiger partial charge on any atom is -0.497 e. The van der Waals surface area contributed by atoms with E-state index < -0.39 is 0 Å². The van der Waals surface area contributed by atoms with Gasteiger partial charge >= 0.3 is 5.97 Å². The lowest BCUT2D eigenvalue weighted by Crippen LogP contribution is -2.08. The van der Waals surface area contributed by atoms with Crippen molar-refractivity contribution in [2.75, 3.05) is 7.11 Å². The fourth-order valence-electron chi connectivity index (χ4n) is 2.90. The normalized spacial score (nSPS) is 10.8. The van der Waals surface area contributed by atoms with Crippen LogP contribution in [0.2, 0.25) is 0 Å². The summed E-state index contributed by atoms with van der Waals surface area (Å²) in [6, 6.07) is 24.0. The first-order valence-corrected chi connectivity index (χ1v) is 9.46. The van der Waals surface area contributed by atoms with E-state index in [1.165, 1.54) is 0 Å². The van der Waals surface area contributed by atoms with Crippen molar-refractivity contribution in [3.05, 3.63) is 102 Å². The Balaban J connectivity index is 1.42. The molecule has 0 bridgehead atoms. The van der Waals surface area contributed by atoms with Gasteiger partial charge in [-0.15, -0.1) is 0 Å². The summed E-state index contributed by atoms with van der Waals surface area (Å²) in [6.45, 7) is 0. The monoisotopic (exact) mass is 396 g/mol. The standard InChI is InChI=1S/C25H20N2O3/c1-29-21-14-7-18(8-15-21)9-16-24-26-17-23(27-24)19-10-12-20(13-11-19)25(28)30-22-5-3-2-4-6-22/h2-17H,1H3,(H,26,27)/b16-9+. The number of esters is 1. The molecule has 4 aromatic rings. The topological polar surface area (TPSA) is 64.2 Å². The zero-order valence-electron chi connectivity index (χ0n) is 16.4. The maximum Gasteiger partial charge on any atom is 0.343 e. The van der Waals surface area contributed by atoms with Crippen molar-refractivity contribution >= 4 is 18.1 Å². The summed E-state index contributed by atoms with van der Waals surface area (Å²) in [4.78, 5) is 19.9. The molecule has 0 amide bonds. The first-order valence-electron chi connectivity index (χ1n) is 9.46. The predicted octanol–water partition coefficient (Wildman–Crippen LogP) is 5.47. The fourth-order valence-corrected chi connectivity index (χ4v) is 2.90. The van der Waals surface area contributed by atoms with E-state index in [0.717, 1.165) is 28.4 Å². The number of carbonyl (C=O) groups excluding carboxylic acids is 1. The summed E-state index contributed by atoms with van der Waals surface area (Å²) in [5, 5.41) is 0. The predicted molar refractivity (Wildman–Crippen MR) is 117 cm³/mol. The van der Waals surface area contributed by atoms with E-state index in [0.29, 0.717) is 11.3 Å². The minimum absolute atomic E-state index is 0.388. The highest BCUT2D eigenvalue weighted by Gasteiger charge is 2.09. The average molecular weight is 396 g/mol. The summed E-state index contributed by atoms with van der Waals surface area (Å²) in [7, 11) is 1.65. The van der Waals surface area contributed by atoms with Crippen LogP contribution in [0.4, 0.5) is 0 Å². The number of aromatic nitrogens is 2. The largest absolute Gasteiger partial charge is 0.497 e. The highest BCUT2D eigenvalue weighted by molar-refractivity contribution is 5.91. The Morgan fingerprint density at radius 1 is 0.867 bits per heavy atom. The van der Waals surface area contributed by atoms with Crippen LogP contribution in [-0.4, -0.2) is 23.0 Å². The molecule has 0 saturated carbocycles. The summed E-state index contributed by atoms with van der Waals surface area (Å²) < 4.78 is 10.5. The highest BCUT2D eigenvalue weighted by Crippen LogP contribution is 2.20. The van der Waals surface area contributed by atoms with Crippen LogP contribution in [0.3, 0.4) is 0 Å². The number of carbonyl (C=O) groups is 1. The number of nitrogens with zero attached hydrogens (tertiary/aromatic N) is 1. The van der Waals surface area contributed by atoms with Gasteiger partial charge in [-0.3, -0.25) is 0 Å². The molecule has 0 atom stereocenters. The summed E-state index contributed by atoms with van der Waals surface area (Å²) in [5.74, 6) is 1.70. The molecule has 0 aliphatic rings. The molecular formula is C25H20N2O3. The first-order chi connectivity index (χ1) is 14.7. The van der Waals surface area contributed by atoms with Crippen molar-refractivity contribution in [2.24, 2.45) is 0 Å². The van der Waals surface area contributed by atoms with Crippen LogP contribution >= 0.6 is 0 Å². The van der Waals surface area contributed by atoms with Gasteiger partial charge in [0.1, 0.15) is 17.3 Å². The van der Waals surface area contributed by atoms with E-state index in [4.69, 9.17) is 9.47 Å². The SMILES string of the molecule is COc1ccc(/C=C/c2ncc(-c3ccc(C(=O)Oc4ccccc4)cc3)[nH]2)cc1. The van der Waals surface area contributed by atoms with Gasteiger partial charge in [-0.1, -0.05) is 48.5 Å². The van der Waals surface area contributed by atoms with Gasteiger partial charge in [0, 0.05) is 0 Å². The lowest BCUT2D eigenvalue weighted by Gasteiger charge is -2.04. The Morgan fingerprint density at radius 2 is 1.60 bits per heavy atom. The smallest absolute Gasteiger partial charge is 0.343 e. The van der Waals surface area contributed by atoms with Crippen LogP contribution in [0.25, 0.3) is 23.4 Å². The molecule has 148 valence electrons. The molecule has 0 fully saturated rings. The molecule has 0 unspecified atom stereocenters. The number of ether oxygens (including phenoxy) is 2. The third-order valence-corrected chi connectivity index (χ3v) is 4.53. The Kier molecular flexibility index (Phi) is 5.71. The summed E-state index contributed by atoms with van der Waals surface area (Å²) in [5.41, 5.74) is 3.34. The molecule has 0 aliphatic carbocycles. The van der Waals surface area contributed by atoms with E-state index >= 15 is 0 Å². The van der Waals surface area contributed by atoms with Crippen LogP contribution in [0.1, 0.15) is 21.7 Å². The third-order valence-electron chi connectivity index (χ3n) is 4.53. The Labute approximate surface area is 174 Å². The number of hydrogen-bond donors (Lipinski definition) is 1. The molecule has 0 radical (unpaired) electrons. The van der Waals surface area contributed by atoms with Gasteiger partial charge in [0.05, 0.1) is 24.6 Å². The Bertz CT molecular complexity index is 1150. The van der Waals surface area contributed by atoms with Crippen molar-refractivity contribution in [1.82, 2.24) is 9.97 Å². The van der Waals surface area contributed by atoms with Crippen LogP contribution in [0.5, 0.6) is 11.5 Å². The molecule has 1 heterocycles. The molecule has 5 heteroatoms. The quantitative estimate of drug-likeness (QED) is 0.346. The first kappa shape index (κ1) is 19.2. The van der Waals surface area contributed by atoms with Crippen molar-refractivity contribution < 1.29 is 14.3 Å². The Hall–Kier alpha value is -4.12. The van der Waals surface area contributed by atoms with Crippen LogP contribution in [0, 0.1) is 0 Å². The zero-order chi connectivity index (χ0) is 20.8. The number of para-hydroxylation sites is 1. The van der Waals surface area contributed by atoms with Gasteiger partial charge in [-0.2, -0.15) is 0 Å². The molecule has 1 N–H and O–H groups in total. The molecule has 3 aromatic carbocycles. The second kappa shape index (κ2) is 8.92. The minimum atomic E-state index is -0.388. The van der Waals surface area contributed by atoms with Crippen LogP contribution < -0.4 is 9.47 Å². The second-order valence-electron chi connectivity index (χ2n) is 6.57. The molecule has 0 saturated heterocycles. The van der Waals surface area contributed by atoms with Crippen LogP contribution in [-0.2, 0) is 0 Å². The number of benzene rings is 3. The number of methoxy groups -OCH3 is 1. The lowest BCUT2D eigenvalue weighted by molar-refractivity contribution is 0.0735. The number of H-pyrrole nitrogens is 1. The third kappa shape index (κ3) is 4.64. The second-order valence-corrected chi connectivity index (χ2v) is 6.57. The summed E-state index contributed by atoms with van der Waals surface area (Å²) in [6.07, 6.45) is 5.66. The van der Waals surface area contributed by atoms with Gasteiger partial charge in [-0.25, -0.2) is 9.78 Å². The van der Waals surface area contributed by atoms with E-state index in [1.54, 1.807) is 37.6 Å². The average Bonchev–Trinajstić information content (AvgIpc) is 3.28. The Morgan fingerprint density at radius 3 is 2.30 bits per heavy atom. The van der Waals surface area contributed by atoms with Crippen LogP contribution in [0.15, 0.2) is 85.1 Å². The lowest BCUT2D eigenvalue weighted by atomic mass is 10.1. The van der Waals surface area contributed by atoms with Gasteiger partial charge in [0.25, 0.3) is 0 Å². The van der Waals surface area contributed by atoms with Crippen molar-refractivity contribution in [1.29, 1.82) is 0 Å². The van der Waals surface area contributed by atoms with E-state index in [-0.39, 0.29) is 5.97 Å². The van der Waals surface area contributed by atoms with E-state index in [1.807, 2.05) is 66.7 Å². The summed E-state index contributed by atoms with van der Waals surface area (Å²) >= 11 is 0. The molecule has 5 nitrogen and oxygen atoms in total. The van der Waals surface area contributed by atoms with E-state index in [9.17, 15) is 4.79 Å². The number of rotatable bonds is 6. The van der Waals surface area contributed by atoms with Gasteiger partial charge in [0.15, 0.2) is 0 Å². The molecule has 0 spiro atoms. The fraction of sp³-hybridized carbons (Fsp3) is 0.0400. The number of imidazole rings is 1. The van der Waals surface area contributed by atoms with E-state index in [2.05, 4.69) is 9.97 Å². The number of aromatic amines is 1. The number of hydrogen-bond acceptors (Lipinski definition) is 4. The van der Waals surface area contributed by atoms with Gasteiger partial charge in [-0.05, 0) is 53.6 Å². The van der Waals surface area contributed by atoms with Crippen molar-refractivity contribution in [2.45, 2.75) is 0 Å². The van der Waals surface area contributed by atoms with Gasteiger partial charge < -0.3 is 14.5 Å². The number of nitrogens with one attached hydrogen (secondary N) is 1. The molecule has 30 heavy (non-hydrogen) atoms. The maximum absolute atomic E-state index is 12.3.